The highest BCUT2D eigenvalue weighted by Crippen LogP contribution is 2.06. The van der Waals surface area contributed by atoms with Gasteiger partial charge in [0.1, 0.15) is 6.54 Å². The Morgan fingerprint density at radius 1 is 1.38 bits per heavy atom. The molecule has 16 heavy (non-hydrogen) atoms. The summed E-state index contributed by atoms with van der Waals surface area (Å²) in [6, 6.07) is 6.23. The molecule has 1 rings (SSSR count). The maximum Gasteiger partial charge on any atom is 0.323 e. The van der Waals surface area contributed by atoms with Crippen molar-refractivity contribution in [1.82, 2.24) is 4.90 Å². The number of likely N-dealkylation sites (N-methyl/N-ethyl adjacent to an activating group) is 1. The summed E-state index contributed by atoms with van der Waals surface area (Å²) in [5.41, 5.74) is 0.959. The molecule has 0 aliphatic heterocycles. The average molecular weight is 216 g/mol. The molecule has 0 bridgehead atoms. The zero-order valence-electron chi connectivity index (χ0n) is 8.73. The molecule has 1 aromatic carbocycles. The molecule has 0 saturated heterocycles. The summed E-state index contributed by atoms with van der Waals surface area (Å²) in [4.78, 5) is 23.2. The van der Waals surface area contributed by atoms with Gasteiger partial charge in [0.15, 0.2) is 0 Å². The highest BCUT2D eigenvalue weighted by Gasteiger charge is 2.13. The lowest BCUT2D eigenvalue weighted by molar-refractivity contribution is -0.137. The maximum atomic E-state index is 11.7. The van der Waals surface area contributed by atoms with Gasteiger partial charge in [0.25, 0.3) is 5.91 Å². The van der Waals surface area contributed by atoms with Crippen molar-refractivity contribution in [2.24, 2.45) is 0 Å². The molecule has 0 atom stereocenters. The quantitative estimate of drug-likeness (QED) is 0.759. The first-order chi connectivity index (χ1) is 7.54. The van der Waals surface area contributed by atoms with Gasteiger partial charge in [-0.2, -0.15) is 0 Å². The van der Waals surface area contributed by atoms with Gasteiger partial charge in [0.2, 0.25) is 0 Å². The van der Waals surface area contributed by atoms with Gasteiger partial charge < -0.3 is 10.0 Å². The van der Waals surface area contributed by atoms with Crippen LogP contribution in [0.15, 0.2) is 24.3 Å². The van der Waals surface area contributed by atoms with Crippen molar-refractivity contribution < 1.29 is 14.7 Å². The van der Waals surface area contributed by atoms with E-state index in [0.717, 1.165) is 4.90 Å². The predicted octanol–water partition coefficient (Wildman–Crippen LogP) is 0.781. The Labute approximate surface area is 93.5 Å². The van der Waals surface area contributed by atoms with Crippen LogP contribution in [0.4, 0.5) is 0 Å². The van der Waals surface area contributed by atoms with E-state index >= 15 is 0 Å². The largest absolute Gasteiger partial charge is 0.480 e. The molecule has 0 aliphatic carbocycles. The number of aliphatic carboxylic acids is 1. The average Bonchev–Trinajstić information content (AvgIpc) is 2.27. The van der Waals surface area contributed by atoms with Crippen molar-refractivity contribution in [3.05, 3.63) is 41.8 Å². The van der Waals surface area contributed by atoms with Crippen LogP contribution in [-0.2, 0) is 4.79 Å². The van der Waals surface area contributed by atoms with Crippen molar-refractivity contribution >= 4 is 11.9 Å². The molecule has 1 N–H and O–H groups in total. The maximum absolute atomic E-state index is 11.7. The van der Waals surface area contributed by atoms with Crippen molar-refractivity contribution in [2.45, 2.75) is 0 Å². The second kappa shape index (κ2) is 4.99. The van der Waals surface area contributed by atoms with E-state index in [-0.39, 0.29) is 12.5 Å². The number of carbonyl (C=O) groups is 2. The number of hydrogen-bond donors (Lipinski definition) is 1. The Bertz CT molecular complexity index is 442. The van der Waals surface area contributed by atoms with Gasteiger partial charge in [0.05, 0.1) is 0 Å². The van der Waals surface area contributed by atoms with Crippen LogP contribution < -0.4 is 0 Å². The van der Waals surface area contributed by atoms with E-state index in [2.05, 4.69) is 5.92 Å². The summed E-state index contributed by atoms with van der Waals surface area (Å²) >= 11 is 0. The van der Waals surface area contributed by atoms with Crippen molar-refractivity contribution in [1.29, 1.82) is 0 Å². The topological polar surface area (TPSA) is 57.6 Å². The number of hydrogen-bond acceptors (Lipinski definition) is 2. The number of carbonyl (C=O) groups excluding carboxylic acids is 1. The third kappa shape index (κ3) is 2.85. The van der Waals surface area contributed by atoms with Gasteiger partial charge in [-0.15, -0.1) is 0 Å². The van der Waals surface area contributed by atoms with Gasteiger partial charge in [-0.25, -0.2) is 0 Å². The van der Waals surface area contributed by atoms with Crippen molar-refractivity contribution in [3.8, 4) is 5.92 Å². The molecule has 81 valence electrons. The van der Waals surface area contributed by atoms with Crippen LogP contribution in [0, 0.1) is 12.3 Å². The third-order valence-electron chi connectivity index (χ3n) is 2.00. The van der Waals surface area contributed by atoms with Crippen LogP contribution >= 0.6 is 0 Å². The lowest BCUT2D eigenvalue weighted by atomic mass is 10.1. The summed E-state index contributed by atoms with van der Waals surface area (Å²) in [7, 11) is 1.42. The zero-order valence-corrected chi connectivity index (χ0v) is 8.73. The number of carboxylic acids is 1. The fraction of sp³-hybridized carbons (Fsp3) is 0.167. The minimum Gasteiger partial charge on any atom is -0.480 e. The number of amides is 1. The summed E-state index contributed by atoms with van der Waals surface area (Å²) < 4.78 is 0. The second-order valence-electron chi connectivity index (χ2n) is 3.26. The molecular formula is C12H10NO3. The highest BCUT2D eigenvalue weighted by atomic mass is 16.4. The second-order valence-corrected chi connectivity index (χ2v) is 3.26. The van der Waals surface area contributed by atoms with Crippen LogP contribution in [-0.4, -0.2) is 35.5 Å². The van der Waals surface area contributed by atoms with E-state index in [4.69, 9.17) is 11.5 Å². The summed E-state index contributed by atoms with van der Waals surface area (Å²) in [6.45, 7) is -0.336. The van der Waals surface area contributed by atoms with E-state index in [9.17, 15) is 9.59 Å². The fourth-order valence-electron chi connectivity index (χ4n) is 1.19. The standard InChI is InChI=1S/C12H10NO3/c1-3-9-4-6-10(7-5-9)12(16)13(2)8-11(14)15/h4-7H,8H2,2H3,(H,14,15). The zero-order chi connectivity index (χ0) is 12.1. The lowest BCUT2D eigenvalue weighted by Gasteiger charge is -2.14. The molecule has 0 aromatic heterocycles. The van der Waals surface area contributed by atoms with E-state index in [1.165, 1.54) is 19.2 Å². The monoisotopic (exact) mass is 216 g/mol. The van der Waals surface area contributed by atoms with Gasteiger partial charge >= 0.3 is 5.97 Å². The molecule has 0 fully saturated rings. The molecule has 0 saturated carbocycles. The minimum atomic E-state index is -1.06. The molecule has 0 heterocycles. The van der Waals surface area contributed by atoms with E-state index < -0.39 is 5.97 Å². The Kier molecular flexibility index (Phi) is 3.67. The van der Waals surface area contributed by atoms with Crippen LogP contribution in [0.2, 0.25) is 0 Å². The van der Waals surface area contributed by atoms with Gasteiger partial charge in [-0.05, 0) is 30.7 Å². The first kappa shape index (κ1) is 11.8. The van der Waals surface area contributed by atoms with Crippen molar-refractivity contribution in [2.75, 3.05) is 13.6 Å². The van der Waals surface area contributed by atoms with Crippen LogP contribution in [0.5, 0.6) is 0 Å². The molecule has 0 spiro atoms. The smallest absolute Gasteiger partial charge is 0.323 e. The first-order valence-electron chi connectivity index (χ1n) is 4.54. The van der Waals surface area contributed by atoms with Gasteiger partial charge in [-0.1, -0.05) is 5.92 Å². The van der Waals surface area contributed by atoms with Gasteiger partial charge in [-0.3, -0.25) is 9.59 Å². The number of rotatable bonds is 3. The molecule has 0 aliphatic rings. The van der Waals surface area contributed by atoms with Gasteiger partial charge in [0, 0.05) is 18.2 Å². The van der Waals surface area contributed by atoms with Crippen molar-refractivity contribution in [3.63, 3.8) is 0 Å². The Hall–Kier alpha value is -2.28. The highest BCUT2D eigenvalue weighted by molar-refractivity contribution is 5.95. The molecule has 0 unspecified atom stereocenters. The fourth-order valence-corrected chi connectivity index (χ4v) is 1.19. The van der Waals surface area contributed by atoms with Crippen LogP contribution in [0.1, 0.15) is 15.9 Å². The predicted molar refractivity (Wildman–Crippen MR) is 57.3 cm³/mol. The normalized spacial score (nSPS) is 9.25. The van der Waals surface area contributed by atoms with E-state index in [1.54, 1.807) is 12.1 Å². The summed E-state index contributed by atoms with van der Waals surface area (Å²) in [5, 5.41) is 8.53. The molecule has 1 amide bonds. The first-order valence-corrected chi connectivity index (χ1v) is 4.54. The Balaban J connectivity index is 2.80. The Morgan fingerprint density at radius 3 is 2.38 bits per heavy atom. The minimum absolute atomic E-state index is 0.336. The van der Waals surface area contributed by atoms with Crippen LogP contribution in [0.25, 0.3) is 0 Å². The van der Waals surface area contributed by atoms with E-state index in [0.29, 0.717) is 11.1 Å². The molecule has 1 radical (unpaired) electrons. The molecular weight excluding hydrogens is 206 g/mol. The summed E-state index contributed by atoms with van der Waals surface area (Å²) in [6.07, 6.45) is 6.88. The Morgan fingerprint density at radius 2 is 1.94 bits per heavy atom. The molecule has 1 aromatic rings. The lowest BCUT2D eigenvalue weighted by Crippen LogP contribution is -2.31. The summed E-state index contributed by atoms with van der Waals surface area (Å²) in [5.74, 6) is 0.768. The molecule has 4 nitrogen and oxygen atoms in total. The number of nitrogens with zero attached hydrogens (tertiary/aromatic N) is 1. The van der Waals surface area contributed by atoms with Crippen LogP contribution in [0.3, 0.4) is 0 Å². The van der Waals surface area contributed by atoms with E-state index in [1.807, 2.05) is 0 Å². The number of benzene rings is 1. The number of carboxylic acid groups (broad SMARTS) is 1. The SMILES string of the molecule is [C]#Cc1ccc(C(=O)N(C)CC(=O)O)cc1. The third-order valence-corrected chi connectivity index (χ3v) is 2.00. The molecule has 4 heteroatoms.